The molecule has 1 atom stereocenters. The molecule has 100 valence electrons. The average Bonchev–Trinajstić information content (AvgIpc) is 2.98. The summed E-state index contributed by atoms with van der Waals surface area (Å²) in [6.07, 6.45) is 0. The number of nitrogens with zero attached hydrogens (tertiary/aromatic N) is 2. The first-order valence-electron chi connectivity index (χ1n) is 6.25. The number of nitro benzene ring substituents is 1. The van der Waals surface area contributed by atoms with Crippen molar-refractivity contribution in [2.45, 2.75) is 6.04 Å². The molecule has 0 aromatic heterocycles. The smallest absolute Gasteiger partial charge is 0.269 e. The van der Waals surface area contributed by atoms with Crippen LogP contribution in [-0.2, 0) is 0 Å². The molecular formula is C15H12N2O2S. The molecule has 1 aliphatic heterocycles. The number of rotatable bonds is 3. The normalized spacial score (nSPS) is 17.8. The molecule has 0 bridgehead atoms. The highest BCUT2D eigenvalue weighted by Crippen LogP contribution is 2.35. The average molecular weight is 284 g/mol. The summed E-state index contributed by atoms with van der Waals surface area (Å²) in [6, 6.07) is 16.9. The molecule has 3 rings (SSSR count). The zero-order valence-corrected chi connectivity index (χ0v) is 11.4. The summed E-state index contributed by atoms with van der Waals surface area (Å²) in [6.45, 7) is 0. The van der Waals surface area contributed by atoms with E-state index in [0.717, 1.165) is 16.4 Å². The van der Waals surface area contributed by atoms with Crippen LogP contribution >= 0.6 is 11.8 Å². The van der Waals surface area contributed by atoms with E-state index in [1.807, 2.05) is 30.3 Å². The van der Waals surface area contributed by atoms with Crippen LogP contribution < -0.4 is 0 Å². The van der Waals surface area contributed by atoms with Crippen molar-refractivity contribution in [1.82, 2.24) is 0 Å². The number of hydrogen-bond acceptors (Lipinski definition) is 4. The van der Waals surface area contributed by atoms with Crippen molar-refractivity contribution in [3.8, 4) is 0 Å². The SMILES string of the molecule is O=[N+]([O-])c1ccccc1C1=NC(c2ccccc2)CS1. The number of thioether (sulfide) groups is 1. The van der Waals surface area contributed by atoms with Gasteiger partial charge in [0.1, 0.15) is 5.04 Å². The Hall–Kier alpha value is -2.14. The summed E-state index contributed by atoms with van der Waals surface area (Å²) >= 11 is 1.58. The molecule has 5 heteroatoms. The van der Waals surface area contributed by atoms with Crippen LogP contribution in [0.5, 0.6) is 0 Å². The molecule has 2 aromatic carbocycles. The Morgan fingerprint density at radius 3 is 2.55 bits per heavy atom. The van der Waals surface area contributed by atoms with Crippen LogP contribution in [0.2, 0.25) is 0 Å². The van der Waals surface area contributed by atoms with Crippen LogP contribution in [0.3, 0.4) is 0 Å². The molecular weight excluding hydrogens is 272 g/mol. The molecule has 1 unspecified atom stereocenters. The van der Waals surface area contributed by atoms with E-state index < -0.39 is 0 Å². The van der Waals surface area contributed by atoms with Gasteiger partial charge >= 0.3 is 0 Å². The van der Waals surface area contributed by atoms with E-state index >= 15 is 0 Å². The predicted molar refractivity (Wildman–Crippen MR) is 81.3 cm³/mol. The van der Waals surface area contributed by atoms with Crippen LogP contribution in [-0.4, -0.2) is 15.7 Å². The van der Waals surface area contributed by atoms with Gasteiger partial charge in [-0.3, -0.25) is 15.1 Å². The summed E-state index contributed by atoms with van der Waals surface area (Å²) in [7, 11) is 0. The monoisotopic (exact) mass is 284 g/mol. The van der Waals surface area contributed by atoms with Crippen molar-refractivity contribution < 1.29 is 4.92 Å². The minimum Gasteiger partial charge on any atom is -0.269 e. The van der Waals surface area contributed by atoms with Gasteiger partial charge in [0.15, 0.2) is 0 Å². The second-order valence-corrected chi connectivity index (χ2v) is 5.45. The zero-order valence-electron chi connectivity index (χ0n) is 10.6. The lowest BCUT2D eigenvalue weighted by Crippen LogP contribution is -1.99. The van der Waals surface area contributed by atoms with Gasteiger partial charge in [0.25, 0.3) is 5.69 Å². The minimum atomic E-state index is -0.353. The van der Waals surface area contributed by atoms with Crippen LogP contribution in [0, 0.1) is 10.1 Å². The molecule has 4 nitrogen and oxygen atoms in total. The van der Waals surface area contributed by atoms with Gasteiger partial charge in [0.05, 0.1) is 16.5 Å². The number of hydrogen-bond donors (Lipinski definition) is 0. The fourth-order valence-corrected chi connectivity index (χ4v) is 3.29. The van der Waals surface area contributed by atoms with E-state index in [0.29, 0.717) is 5.56 Å². The first-order valence-corrected chi connectivity index (χ1v) is 7.23. The quantitative estimate of drug-likeness (QED) is 0.635. The van der Waals surface area contributed by atoms with E-state index in [-0.39, 0.29) is 16.7 Å². The van der Waals surface area contributed by atoms with E-state index in [2.05, 4.69) is 4.99 Å². The fourth-order valence-electron chi connectivity index (χ4n) is 2.18. The van der Waals surface area contributed by atoms with Gasteiger partial charge in [0, 0.05) is 11.8 Å². The van der Waals surface area contributed by atoms with Crippen molar-refractivity contribution >= 4 is 22.5 Å². The maximum absolute atomic E-state index is 11.1. The Kier molecular flexibility index (Phi) is 3.52. The van der Waals surface area contributed by atoms with E-state index in [1.54, 1.807) is 30.0 Å². The largest absolute Gasteiger partial charge is 0.279 e. The van der Waals surface area contributed by atoms with Crippen LogP contribution in [0.25, 0.3) is 0 Å². The van der Waals surface area contributed by atoms with Gasteiger partial charge in [-0.25, -0.2) is 0 Å². The maximum atomic E-state index is 11.1. The van der Waals surface area contributed by atoms with Crippen LogP contribution in [0.4, 0.5) is 5.69 Å². The summed E-state index contributed by atoms with van der Waals surface area (Å²) < 4.78 is 0. The lowest BCUT2D eigenvalue weighted by atomic mass is 10.1. The molecule has 20 heavy (non-hydrogen) atoms. The third-order valence-corrected chi connectivity index (χ3v) is 4.25. The second-order valence-electron chi connectivity index (χ2n) is 4.45. The van der Waals surface area contributed by atoms with E-state index in [9.17, 15) is 10.1 Å². The molecule has 0 fully saturated rings. The van der Waals surface area contributed by atoms with Crippen LogP contribution in [0.1, 0.15) is 17.2 Å². The zero-order chi connectivity index (χ0) is 13.9. The van der Waals surface area contributed by atoms with Crippen LogP contribution in [0.15, 0.2) is 59.6 Å². The lowest BCUT2D eigenvalue weighted by molar-refractivity contribution is -0.385. The number of nitro groups is 1. The van der Waals surface area contributed by atoms with Gasteiger partial charge in [-0.1, -0.05) is 42.5 Å². The van der Waals surface area contributed by atoms with Crippen molar-refractivity contribution in [3.63, 3.8) is 0 Å². The summed E-state index contributed by atoms with van der Waals surface area (Å²) in [5.74, 6) is 0.825. The summed E-state index contributed by atoms with van der Waals surface area (Å²) in [4.78, 5) is 15.4. The lowest BCUT2D eigenvalue weighted by Gasteiger charge is -2.04. The second kappa shape index (κ2) is 5.46. The van der Waals surface area contributed by atoms with Crippen molar-refractivity contribution in [3.05, 3.63) is 75.8 Å². The molecule has 1 heterocycles. The Labute approximate surface area is 120 Å². The first kappa shape index (κ1) is 12.9. The molecule has 1 aliphatic rings. The number of para-hydroxylation sites is 1. The summed E-state index contributed by atoms with van der Waals surface area (Å²) in [5.41, 5.74) is 1.88. The molecule has 0 saturated carbocycles. The van der Waals surface area contributed by atoms with Gasteiger partial charge < -0.3 is 0 Å². The molecule has 0 saturated heterocycles. The maximum Gasteiger partial charge on any atom is 0.279 e. The van der Waals surface area contributed by atoms with Gasteiger partial charge in [-0.05, 0) is 11.6 Å². The van der Waals surface area contributed by atoms with Crippen molar-refractivity contribution in [2.24, 2.45) is 4.99 Å². The number of aliphatic imine (C=N–C) groups is 1. The molecule has 0 aliphatic carbocycles. The third-order valence-electron chi connectivity index (χ3n) is 3.17. The van der Waals surface area contributed by atoms with E-state index in [4.69, 9.17) is 0 Å². The highest BCUT2D eigenvalue weighted by molar-refractivity contribution is 8.14. The molecule has 2 aromatic rings. The van der Waals surface area contributed by atoms with Gasteiger partial charge in [0.2, 0.25) is 0 Å². The number of benzene rings is 2. The molecule has 0 spiro atoms. The molecule has 0 radical (unpaired) electrons. The Morgan fingerprint density at radius 2 is 1.80 bits per heavy atom. The van der Waals surface area contributed by atoms with Crippen molar-refractivity contribution in [2.75, 3.05) is 5.75 Å². The molecule has 0 N–H and O–H groups in total. The van der Waals surface area contributed by atoms with E-state index in [1.165, 1.54) is 6.07 Å². The highest BCUT2D eigenvalue weighted by atomic mass is 32.2. The topological polar surface area (TPSA) is 55.5 Å². The highest BCUT2D eigenvalue weighted by Gasteiger charge is 2.25. The van der Waals surface area contributed by atoms with Gasteiger partial charge in [-0.15, -0.1) is 11.8 Å². The Balaban J connectivity index is 1.95. The molecule has 0 amide bonds. The predicted octanol–water partition coefficient (Wildman–Crippen LogP) is 3.83. The standard InChI is InChI=1S/C15H12N2O2S/c18-17(19)14-9-5-4-8-12(14)15-16-13(10-20-15)11-6-2-1-3-7-11/h1-9,13H,10H2. The summed E-state index contributed by atoms with van der Waals surface area (Å²) in [5, 5.41) is 11.8. The first-order chi connectivity index (χ1) is 9.75. The minimum absolute atomic E-state index is 0.0796. The van der Waals surface area contributed by atoms with Gasteiger partial charge in [-0.2, -0.15) is 0 Å². The Morgan fingerprint density at radius 1 is 1.10 bits per heavy atom. The Bertz CT molecular complexity index is 671. The fraction of sp³-hybridized carbons (Fsp3) is 0.133. The van der Waals surface area contributed by atoms with Crippen molar-refractivity contribution in [1.29, 1.82) is 0 Å². The third kappa shape index (κ3) is 2.44.